The molecular formula is C15H22N2O6S. The van der Waals surface area contributed by atoms with Gasteiger partial charge in [-0.1, -0.05) is 0 Å². The monoisotopic (exact) mass is 358 g/mol. The minimum absolute atomic E-state index is 0.0453. The fourth-order valence-corrected chi connectivity index (χ4v) is 3.00. The predicted molar refractivity (Wildman–Crippen MR) is 87.7 cm³/mol. The van der Waals surface area contributed by atoms with Crippen LogP contribution in [0.15, 0.2) is 23.1 Å². The second-order valence-electron chi connectivity index (χ2n) is 5.26. The maximum absolute atomic E-state index is 12.3. The van der Waals surface area contributed by atoms with Gasteiger partial charge >= 0.3 is 5.97 Å². The average Bonchev–Trinajstić information content (AvgIpc) is 2.53. The molecule has 0 spiro atoms. The van der Waals surface area contributed by atoms with Crippen molar-refractivity contribution < 1.29 is 27.9 Å². The van der Waals surface area contributed by atoms with Crippen LogP contribution in [0.5, 0.6) is 5.75 Å². The molecule has 0 heterocycles. The number of amides is 1. The van der Waals surface area contributed by atoms with Gasteiger partial charge in [0.05, 0.1) is 7.11 Å². The zero-order valence-electron chi connectivity index (χ0n) is 13.9. The first kappa shape index (κ1) is 19.9. The topological polar surface area (TPSA) is 113 Å². The van der Waals surface area contributed by atoms with Crippen molar-refractivity contribution in [1.29, 1.82) is 0 Å². The van der Waals surface area contributed by atoms with E-state index < -0.39 is 21.9 Å². The minimum atomic E-state index is -3.75. The van der Waals surface area contributed by atoms with E-state index in [-0.39, 0.29) is 22.6 Å². The molecule has 1 aromatic rings. The van der Waals surface area contributed by atoms with Crippen LogP contribution < -0.4 is 10.1 Å². The number of benzene rings is 1. The minimum Gasteiger partial charge on any atom is -0.495 e. The molecule has 0 aliphatic rings. The van der Waals surface area contributed by atoms with Gasteiger partial charge in [-0.3, -0.25) is 9.59 Å². The van der Waals surface area contributed by atoms with Crippen molar-refractivity contribution in [2.45, 2.75) is 24.2 Å². The van der Waals surface area contributed by atoms with Crippen LogP contribution in [0, 0.1) is 0 Å². The summed E-state index contributed by atoms with van der Waals surface area (Å²) in [6.45, 7) is 0.313. The molecule has 1 aromatic carbocycles. The summed E-state index contributed by atoms with van der Waals surface area (Å²) in [5.41, 5.74) is 0.189. The van der Waals surface area contributed by atoms with Gasteiger partial charge in [-0.2, -0.15) is 0 Å². The zero-order chi connectivity index (χ0) is 18.3. The summed E-state index contributed by atoms with van der Waals surface area (Å²) in [6.07, 6.45) is 1.03. The lowest BCUT2D eigenvalue weighted by Gasteiger charge is -2.15. The van der Waals surface area contributed by atoms with Crippen molar-refractivity contribution in [2.75, 3.05) is 27.7 Å². The van der Waals surface area contributed by atoms with Gasteiger partial charge in [0.2, 0.25) is 10.0 Å². The lowest BCUT2D eigenvalue weighted by atomic mass is 10.2. The van der Waals surface area contributed by atoms with E-state index in [9.17, 15) is 18.0 Å². The van der Waals surface area contributed by atoms with E-state index in [1.54, 1.807) is 0 Å². The molecule has 0 aliphatic heterocycles. The molecule has 1 rings (SSSR count). The molecule has 0 aliphatic carbocycles. The van der Waals surface area contributed by atoms with E-state index in [2.05, 4.69) is 5.32 Å². The van der Waals surface area contributed by atoms with Crippen LogP contribution in [0.3, 0.4) is 0 Å². The van der Waals surface area contributed by atoms with E-state index in [0.29, 0.717) is 19.4 Å². The van der Waals surface area contributed by atoms with Crippen LogP contribution in [0.4, 0.5) is 0 Å². The highest BCUT2D eigenvalue weighted by molar-refractivity contribution is 7.89. The van der Waals surface area contributed by atoms with Crippen LogP contribution in [0.2, 0.25) is 0 Å². The lowest BCUT2D eigenvalue weighted by Crippen LogP contribution is -2.26. The third-order valence-corrected chi connectivity index (χ3v) is 5.12. The van der Waals surface area contributed by atoms with E-state index in [0.717, 1.165) is 4.31 Å². The summed E-state index contributed by atoms with van der Waals surface area (Å²) in [4.78, 5) is 22.4. The molecule has 134 valence electrons. The van der Waals surface area contributed by atoms with Gasteiger partial charge in [-0.25, -0.2) is 12.7 Å². The van der Waals surface area contributed by atoms with Gasteiger partial charge in [0.1, 0.15) is 10.6 Å². The molecule has 1 amide bonds. The van der Waals surface area contributed by atoms with Crippen molar-refractivity contribution in [1.82, 2.24) is 9.62 Å². The fourth-order valence-electron chi connectivity index (χ4n) is 1.92. The fraction of sp³-hybridized carbons (Fsp3) is 0.467. The predicted octanol–water partition coefficient (Wildman–Crippen LogP) is 0.930. The molecule has 0 unspecified atom stereocenters. The van der Waals surface area contributed by atoms with E-state index in [1.807, 2.05) is 0 Å². The van der Waals surface area contributed by atoms with Crippen LogP contribution in [-0.2, 0) is 14.8 Å². The van der Waals surface area contributed by atoms with Crippen molar-refractivity contribution in [3.05, 3.63) is 23.8 Å². The normalized spacial score (nSPS) is 11.3. The first-order chi connectivity index (χ1) is 11.2. The number of methoxy groups -OCH3 is 1. The Morgan fingerprint density at radius 2 is 1.92 bits per heavy atom. The van der Waals surface area contributed by atoms with E-state index in [4.69, 9.17) is 9.84 Å². The largest absolute Gasteiger partial charge is 0.495 e. The molecule has 0 radical (unpaired) electrons. The zero-order valence-corrected chi connectivity index (χ0v) is 14.7. The highest BCUT2D eigenvalue weighted by atomic mass is 32.2. The van der Waals surface area contributed by atoms with Gasteiger partial charge < -0.3 is 15.2 Å². The lowest BCUT2D eigenvalue weighted by molar-refractivity contribution is -0.137. The summed E-state index contributed by atoms with van der Waals surface area (Å²) >= 11 is 0. The SMILES string of the molecule is COc1ccc(C(=O)NCCCCC(=O)O)cc1S(=O)(=O)N(C)C. The molecule has 0 bridgehead atoms. The smallest absolute Gasteiger partial charge is 0.303 e. The quantitative estimate of drug-likeness (QED) is 0.635. The summed E-state index contributed by atoms with van der Waals surface area (Å²) in [7, 11) is 0.388. The number of hydrogen-bond donors (Lipinski definition) is 2. The Morgan fingerprint density at radius 1 is 1.25 bits per heavy atom. The highest BCUT2D eigenvalue weighted by Crippen LogP contribution is 2.26. The number of carboxylic acid groups (broad SMARTS) is 1. The summed E-state index contributed by atoms with van der Waals surface area (Å²) in [5.74, 6) is -1.15. The Morgan fingerprint density at radius 3 is 2.46 bits per heavy atom. The van der Waals surface area contributed by atoms with Gasteiger partial charge in [0, 0.05) is 32.6 Å². The van der Waals surface area contributed by atoms with Crippen LogP contribution in [0.25, 0.3) is 0 Å². The van der Waals surface area contributed by atoms with Gasteiger partial charge in [0.25, 0.3) is 5.91 Å². The molecule has 0 saturated heterocycles. The van der Waals surface area contributed by atoms with Crippen LogP contribution in [-0.4, -0.2) is 57.5 Å². The van der Waals surface area contributed by atoms with Crippen molar-refractivity contribution in [3.63, 3.8) is 0 Å². The molecule has 2 N–H and O–H groups in total. The third-order valence-electron chi connectivity index (χ3n) is 3.29. The van der Waals surface area contributed by atoms with Gasteiger partial charge in [-0.15, -0.1) is 0 Å². The molecule has 0 fully saturated rings. The maximum Gasteiger partial charge on any atom is 0.303 e. The molecule has 0 aromatic heterocycles. The second-order valence-corrected chi connectivity index (χ2v) is 7.38. The molecule has 9 heteroatoms. The number of carboxylic acids is 1. The number of ether oxygens (including phenoxy) is 1. The maximum atomic E-state index is 12.3. The molecular weight excluding hydrogens is 336 g/mol. The number of sulfonamides is 1. The average molecular weight is 358 g/mol. The number of carbonyl (C=O) groups excluding carboxylic acids is 1. The number of rotatable bonds is 9. The molecule has 8 nitrogen and oxygen atoms in total. The first-order valence-electron chi connectivity index (χ1n) is 7.30. The number of carbonyl (C=O) groups is 2. The second kappa shape index (κ2) is 8.65. The van der Waals surface area contributed by atoms with Crippen molar-refractivity contribution in [2.24, 2.45) is 0 Å². The Balaban J connectivity index is 2.86. The molecule has 0 atom stereocenters. The van der Waals surface area contributed by atoms with Crippen molar-refractivity contribution >= 4 is 21.9 Å². The summed E-state index contributed by atoms with van der Waals surface area (Å²) in [5, 5.41) is 11.2. The molecule has 0 saturated carbocycles. The number of hydrogen-bond acceptors (Lipinski definition) is 5. The first-order valence-corrected chi connectivity index (χ1v) is 8.74. The van der Waals surface area contributed by atoms with Crippen molar-refractivity contribution in [3.8, 4) is 5.75 Å². The number of aliphatic carboxylic acids is 1. The Kier molecular flexibility index (Phi) is 7.18. The third kappa shape index (κ3) is 5.20. The number of nitrogens with one attached hydrogen (secondary N) is 1. The van der Waals surface area contributed by atoms with Gasteiger partial charge in [-0.05, 0) is 31.0 Å². The Bertz CT molecular complexity index is 700. The van der Waals surface area contributed by atoms with E-state index in [1.165, 1.54) is 39.4 Å². The van der Waals surface area contributed by atoms with Crippen LogP contribution in [0.1, 0.15) is 29.6 Å². The highest BCUT2D eigenvalue weighted by Gasteiger charge is 2.23. The number of unbranched alkanes of at least 4 members (excludes halogenated alkanes) is 1. The molecule has 24 heavy (non-hydrogen) atoms. The van der Waals surface area contributed by atoms with Gasteiger partial charge in [0.15, 0.2) is 0 Å². The Labute approximate surface area is 141 Å². The summed E-state index contributed by atoms with van der Waals surface area (Å²) < 4.78 is 30.7. The Hall–Kier alpha value is -2.13. The summed E-state index contributed by atoms with van der Waals surface area (Å²) in [6, 6.07) is 4.16. The number of nitrogens with zero attached hydrogens (tertiary/aromatic N) is 1. The van der Waals surface area contributed by atoms with Crippen LogP contribution >= 0.6 is 0 Å². The van der Waals surface area contributed by atoms with E-state index >= 15 is 0 Å². The standard InChI is InChI=1S/C15H22N2O6S/c1-17(2)24(21,22)13-10-11(7-8-12(13)23-3)15(20)16-9-5-4-6-14(18)19/h7-8,10H,4-6,9H2,1-3H3,(H,16,20)(H,18,19).